The van der Waals surface area contributed by atoms with Crippen LogP contribution in [0.25, 0.3) is 0 Å². The highest BCUT2D eigenvalue weighted by molar-refractivity contribution is 5.86. The molecule has 8 nitrogen and oxygen atoms in total. The summed E-state index contributed by atoms with van der Waals surface area (Å²) in [6, 6.07) is 4.30. The van der Waals surface area contributed by atoms with Crippen molar-refractivity contribution in [1.82, 2.24) is 14.8 Å². The van der Waals surface area contributed by atoms with Crippen molar-refractivity contribution < 1.29 is 9.72 Å². The third-order valence-electron chi connectivity index (χ3n) is 3.33. The lowest BCUT2D eigenvalue weighted by Gasteiger charge is -2.29. The Balaban J connectivity index is 1.95. The number of anilines is 1. The highest BCUT2D eigenvalue weighted by Crippen LogP contribution is 2.26. The fourth-order valence-electron chi connectivity index (χ4n) is 2.31. The molecule has 20 heavy (non-hydrogen) atoms. The van der Waals surface area contributed by atoms with Gasteiger partial charge in [-0.3, -0.25) is 14.9 Å². The Labute approximate surface area is 113 Å². The molecule has 0 bridgehead atoms. The number of aromatic nitrogens is 3. The van der Waals surface area contributed by atoms with Crippen molar-refractivity contribution in [3.8, 4) is 0 Å². The predicted octanol–water partition coefficient (Wildman–Crippen LogP) is 1.02. The largest absolute Gasteiger partial charge is 0.362 e. The van der Waals surface area contributed by atoms with E-state index < -0.39 is 4.92 Å². The minimum absolute atomic E-state index is 0.0870. The molecule has 0 saturated carbocycles. The number of nitrogens with zero attached hydrogens (tertiary/aromatic N) is 5. The molecule has 0 N–H and O–H groups in total. The quantitative estimate of drug-likeness (QED) is 0.470. The van der Waals surface area contributed by atoms with Crippen LogP contribution in [0.2, 0.25) is 0 Å². The van der Waals surface area contributed by atoms with Crippen LogP contribution in [0.5, 0.6) is 0 Å². The monoisotopic (exact) mass is 273 g/mol. The second-order valence-corrected chi connectivity index (χ2v) is 4.48. The molecule has 1 aromatic carbocycles. The molecule has 1 aliphatic rings. The van der Waals surface area contributed by atoms with Gasteiger partial charge in [0, 0.05) is 36.5 Å². The molecule has 8 heteroatoms. The maximum absolute atomic E-state index is 11.2. The molecule has 0 unspecified atom stereocenters. The first-order valence-corrected chi connectivity index (χ1v) is 6.04. The van der Waals surface area contributed by atoms with Gasteiger partial charge in [0.2, 0.25) is 0 Å². The lowest BCUT2D eigenvalue weighted by molar-refractivity contribution is -0.384. The standard InChI is InChI=1S/C12H11N5O3/c18-7-9-5-10(17(19)20)1-2-11(9)15-3-4-16-8-13-14-12(16)6-15/h1-2,5,7-8H,3-4,6H2. The van der Waals surface area contributed by atoms with Gasteiger partial charge < -0.3 is 9.47 Å². The van der Waals surface area contributed by atoms with Crippen molar-refractivity contribution in [2.75, 3.05) is 11.4 Å². The Hall–Kier alpha value is -2.77. The summed E-state index contributed by atoms with van der Waals surface area (Å²) in [6.07, 6.45) is 2.31. The van der Waals surface area contributed by atoms with E-state index in [1.807, 2.05) is 9.47 Å². The second-order valence-electron chi connectivity index (χ2n) is 4.48. The normalized spacial score (nSPS) is 13.9. The fraction of sp³-hybridized carbons (Fsp3) is 0.250. The Morgan fingerprint density at radius 2 is 2.20 bits per heavy atom. The van der Waals surface area contributed by atoms with Crippen molar-refractivity contribution in [2.45, 2.75) is 13.1 Å². The average molecular weight is 273 g/mol. The number of hydrogen-bond donors (Lipinski definition) is 0. The van der Waals surface area contributed by atoms with E-state index in [1.165, 1.54) is 12.1 Å². The van der Waals surface area contributed by atoms with E-state index in [4.69, 9.17) is 0 Å². The SMILES string of the molecule is O=Cc1cc([N+](=O)[O-])ccc1N1CCn2cnnc2C1. The topological polar surface area (TPSA) is 94.2 Å². The maximum atomic E-state index is 11.2. The van der Waals surface area contributed by atoms with Crippen LogP contribution >= 0.6 is 0 Å². The Morgan fingerprint density at radius 1 is 1.35 bits per heavy atom. The number of benzene rings is 1. The zero-order valence-corrected chi connectivity index (χ0v) is 10.5. The van der Waals surface area contributed by atoms with E-state index in [1.54, 1.807) is 12.4 Å². The third kappa shape index (κ3) is 2.00. The van der Waals surface area contributed by atoms with Crippen molar-refractivity contribution >= 4 is 17.7 Å². The average Bonchev–Trinajstić information content (AvgIpc) is 2.93. The molecular formula is C12H11N5O3. The van der Waals surface area contributed by atoms with E-state index in [9.17, 15) is 14.9 Å². The third-order valence-corrected chi connectivity index (χ3v) is 3.33. The van der Waals surface area contributed by atoms with Gasteiger partial charge >= 0.3 is 0 Å². The number of non-ortho nitro benzene ring substituents is 1. The van der Waals surface area contributed by atoms with Crippen LogP contribution in [0.3, 0.4) is 0 Å². The fourth-order valence-corrected chi connectivity index (χ4v) is 2.31. The molecular weight excluding hydrogens is 262 g/mol. The van der Waals surface area contributed by atoms with Gasteiger partial charge in [-0.05, 0) is 6.07 Å². The van der Waals surface area contributed by atoms with Gasteiger partial charge in [0.25, 0.3) is 5.69 Å². The van der Waals surface area contributed by atoms with Crippen LogP contribution in [-0.2, 0) is 13.1 Å². The summed E-state index contributed by atoms with van der Waals surface area (Å²) in [6.45, 7) is 1.94. The summed E-state index contributed by atoms with van der Waals surface area (Å²) in [7, 11) is 0. The zero-order chi connectivity index (χ0) is 14.1. The molecule has 2 heterocycles. The Bertz CT molecular complexity index is 681. The van der Waals surface area contributed by atoms with Gasteiger partial charge in [0.1, 0.15) is 6.33 Å². The summed E-state index contributed by atoms with van der Waals surface area (Å²) < 4.78 is 1.95. The van der Waals surface area contributed by atoms with Gasteiger partial charge in [-0.25, -0.2) is 0 Å². The first kappa shape index (κ1) is 12.3. The van der Waals surface area contributed by atoms with Crippen LogP contribution < -0.4 is 4.90 Å². The molecule has 3 rings (SSSR count). The number of hydrogen-bond acceptors (Lipinski definition) is 6. The molecule has 1 aliphatic heterocycles. The number of fused-ring (bicyclic) bond motifs is 1. The summed E-state index contributed by atoms with van der Waals surface area (Å²) in [4.78, 5) is 23.4. The zero-order valence-electron chi connectivity index (χ0n) is 10.5. The Morgan fingerprint density at radius 3 is 2.95 bits per heavy atom. The van der Waals surface area contributed by atoms with Crippen molar-refractivity contribution in [3.05, 3.63) is 46.0 Å². The number of rotatable bonds is 3. The summed E-state index contributed by atoms with van der Waals surface area (Å²) in [5.41, 5.74) is 0.906. The minimum Gasteiger partial charge on any atom is -0.362 e. The number of aldehydes is 1. The molecule has 0 fully saturated rings. The molecule has 0 radical (unpaired) electrons. The second kappa shape index (κ2) is 4.72. The van der Waals surface area contributed by atoms with Crippen LogP contribution in [-0.4, -0.2) is 32.5 Å². The summed E-state index contributed by atoms with van der Waals surface area (Å²) >= 11 is 0. The molecule has 102 valence electrons. The first-order valence-electron chi connectivity index (χ1n) is 6.04. The van der Waals surface area contributed by atoms with Crippen LogP contribution in [0, 0.1) is 10.1 Å². The Kier molecular flexibility index (Phi) is 2.90. The summed E-state index contributed by atoms with van der Waals surface area (Å²) in [5.74, 6) is 0.812. The molecule has 1 aromatic heterocycles. The number of nitro groups is 1. The molecule has 2 aromatic rings. The highest BCUT2D eigenvalue weighted by atomic mass is 16.6. The minimum atomic E-state index is -0.510. The van der Waals surface area contributed by atoms with E-state index >= 15 is 0 Å². The lowest BCUT2D eigenvalue weighted by Crippen LogP contribution is -2.34. The summed E-state index contributed by atoms with van der Waals surface area (Å²) in [5, 5.41) is 18.6. The van der Waals surface area contributed by atoms with E-state index in [-0.39, 0.29) is 5.69 Å². The number of carbonyl (C=O) groups excluding carboxylic acids is 1. The number of nitro benzene ring substituents is 1. The van der Waals surface area contributed by atoms with Gasteiger partial charge in [0.15, 0.2) is 12.1 Å². The van der Waals surface area contributed by atoms with Gasteiger partial charge in [-0.15, -0.1) is 10.2 Å². The number of carbonyl (C=O) groups is 1. The predicted molar refractivity (Wildman–Crippen MR) is 69.6 cm³/mol. The van der Waals surface area contributed by atoms with Gasteiger partial charge in [0.05, 0.1) is 11.5 Å². The van der Waals surface area contributed by atoms with Gasteiger partial charge in [-0.2, -0.15) is 0 Å². The van der Waals surface area contributed by atoms with Gasteiger partial charge in [-0.1, -0.05) is 0 Å². The van der Waals surface area contributed by atoms with E-state index in [0.29, 0.717) is 30.6 Å². The maximum Gasteiger partial charge on any atom is 0.270 e. The molecule has 0 saturated heterocycles. The van der Waals surface area contributed by atoms with Crippen molar-refractivity contribution in [1.29, 1.82) is 0 Å². The van der Waals surface area contributed by atoms with Crippen molar-refractivity contribution in [3.63, 3.8) is 0 Å². The first-order chi connectivity index (χ1) is 9.69. The van der Waals surface area contributed by atoms with Crippen LogP contribution in [0.15, 0.2) is 24.5 Å². The van der Waals surface area contributed by atoms with E-state index in [0.717, 1.165) is 12.4 Å². The van der Waals surface area contributed by atoms with E-state index in [2.05, 4.69) is 10.2 Å². The molecule has 0 aliphatic carbocycles. The molecule has 0 atom stereocenters. The molecule has 0 amide bonds. The van der Waals surface area contributed by atoms with Crippen LogP contribution in [0.4, 0.5) is 11.4 Å². The van der Waals surface area contributed by atoms with Crippen molar-refractivity contribution in [2.24, 2.45) is 0 Å². The molecule has 0 spiro atoms. The lowest BCUT2D eigenvalue weighted by atomic mass is 10.1. The highest BCUT2D eigenvalue weighted by Gasteiger charge is 2.21. The van der Waals surface area contributed by atoms with Crippen LogP contribution in [0.1, 0.15) is 16.2 Å². The smallest absolute Gasteiger partial charge is 0.270 e.